The fraction of sp³-hybridized carbons (Fsp3) is 0.652. The molecule has 4 nitrogen and oxygen atoms in total. The Labute approximate surface area is 162 Å². The molecule has 1 N–H and O–H groups in total. The molecule has 27 heavy (non-hydrogen) atoms. The van der Waals surface area contributed by atoms with Crippen LogP contribution in [0.4, 0.5) is 5.69 Å². The largest absolute Gasteiger partial charge is 0.336 e. The first-order chi connectivity index (χ1) is 12.8. The van der Waals surface area contributed by atoms with Crippen molar-refractivity contribution in [2.45, 2.75) is 52.9 Å². The van der Waals surface area contributed by atoms with Crippen LogP contribution in [0.1, 0.15) is 48.8 Å². The second-order valence-corrected chi connectivity index (χ2v) is 9.47. The minimum atomic E-state index is -0.107. The van der Waals surface area contributed by atoms with E-state index in [1.807, 2.05) is 13.8 Å². The highest BCUT2D eigenvalue weighted by Crippen LogP contribution is 2.56. The molecule has 146 valence electrons. The average Bonchev–Trinajstić information content (AvgIpc) is 2.57. The Hall–Kier alpha value is -1.84. The summed E-state index contributed by atoms with van der Waals surface area (Å²) in [6.07, 6.45) is 6.30. The minimum Gasteiger partial charge on any atom is -0.336 e. The molecule has 0 atom stereocenters. The first-order valence-electron chi connectivity index (χ1n) is 10.4. The van der Waals surface area contributed by atoms with Crippen molar-refractivity contribution in [1.82, 2.24) is 4.90 Å². The van der Waals surface area contributed by atoms with E-state index in [4.69, 9.17) is 0 Å². The summed E-state index contributed by atoms with van der Waals surface area (Å²) >= 11 is 0. The van der Waals surface area contributed by atoms with Crippen LogP contribution in [0.2, 0.25) is 0 Å². The van der Waals surface area contributed by atoms with Crippen LogP contribution in [0.5, 0.6) is 0 Å². The molecule has 1 aromatic rings. The minimum absolute atomic E-state index is 0.107. The fourth-order valence-corrected chi connectivity index (χ4v) is 6.43. The van der Waals surface area contributed by atoms with Gasteiger partial charge in [0, 0.05) is 18.7 Å². The normalized spacial score (nSPS) is 31.0. The van der Waals surface area contributed by atoms with Gasteiger partial charge in [0.25, 0.3) is 0 Å². The van der Waals surface area contributed by atoms with Gasteiger partial charge in [0.2, 0.25) is 11.8 Å². The molecule has 0 aromatic heterocycles. The lowest BCUT2D eigenvalue weighted by atomic mass is 9.51. The van der Waals surface area contributed by atoms with Crippen LogP contribution in [0.3, 0.4) is 0 Å². The summed E-state index contributed by atoms with van der Waals surface area (Å²) in [6, 6.07) is 4.15. The Kier molecular flexibility index (Phi) is 4.77. The number of amides is 2. The van der Waals surface area contributed by atoms with E-state index in [9.17, 15) is 9.59 Å². The number of carbonyl (C=O) groups is 2. The molecule has 0 aliphatic heterocycles. The van der Waals surface area contributed by atoms with Crippen LogP contribution < -0.4 is 5.32 Å². The molecule has 2 amide bonds. The number of rotatable bonds is 4. The van der Waals surface area contributed by atoms with E-state index in [0.717, 1.165) is 28.7 Å². The van der Waals surface area contributed by atoms with Crippen LogP contribution >= 0.6 is 0 Å². The molecule has 0 radical (unpaired) electrons. The summed E-state index contributed by atoms with van der Waals surface area (Å²) in [5, 5.41) is 3.03. The summed E-state index contributed by atoms with van der Waals surface area (Å²) in [4.78, 5) is 27.4. The summed E-state index contributed by atoms with van der Waals surface area (Å²) in [7, 11) is 1.79. The molecule has 4 heteroatoms. The zero-order valence-corrected chi connectivity index (χ0v) is 17.0. The van der Waals surface area contributed by atoms with Gasteiger partial charge in [-0.1, -0.05) is 17.7 Å². The van der Waals surface area contributed by atoms with Crippen molar-refractivity contribution in [3.63, 3.8) is 0 Å². The number of hydrogen-bond acceptors (Lipinski definition) is 2. The van der Waals surface area contributed by atoms with E-state index < -0.39 is 0 Å². The average molecular weight is 369 g/mol. The van der Waals surface area contributed by atoms with Crippen molar-refractivity contribution >= 4 is 17.5 Å². The highest BCUT2D eigenvalue weighted by atomic mass is 16.2. The lowest BCUT2D eigenvalue weighted by molar-refractivity contribution is -0.149. The van der Waals surface area contributed by atoms with E-state index >= 15 is 0 Å². The van der Waals surface area contributed by atoms with E-state index in [0.29, 0.717) is 11.8 Å². The van der Waals surface area contributed by atoms with Crippen molar-refractivity contribution in [2.75, 3.05) is 18.9 Å². The maximum absolute atomic E-state index is 13.1. The molecule has 0 unspecified atom stereocenters. The summed E-state index contributed by atoms with van der Waals surface area (Å²) < 4.78 is 0. The van der Waals surface area contributed by atoms with Gasteiger partial charge in [0.15, 0.2) is 0 Å². The van der Waals surface area contributed by atoms with Crippen molar-refractivity contribution in [1.29, 1.82) is 0 Å². The zero-order chi connectivity index (χ0) is 19.3. The molecule has 0 heterocycles. The Morgan fingerprint density at radius 2 is 1.48 bits per heavy atom. The van der Waals surface area contributed by atoms with E-state index in [1.165, 1.54) is 37.7 Å². The zero-order valence-electron chi connectivity index (χ0n) is 17.0. The van der Waals surface area contributed by atoms with Gasteiger partial charge >= 0.3 is 0 Å². The monoisotopic (exact) mass is 368 g/mol. The second kappa shape index (κ2) is 6.96. The van der Waals surface area contributed by atoms with Crippen LogP contribution in [-0.2, 0) is 9.59 Å². The molecule has 4 aliphatic rings. The van der Waals surface area contributed by atoms with E-state index in [2.05, 4.69) is 24.4 Å². The van der Waals surface area contributed by atoms with Crippen molar-refractivity contribution in [3.05, 3.63) is 28.8 Å². The standard InChI is InChI=1S/C23H32N2O2/c1-13-5-14(2)22(15(3)6-13)24-20(26)12-25(4)23(27)21-18-8-16-7-17(10-18)11-19(21)9-16/h5-6,16-19,21H,7-12H2,1-4H3,(H,24,26). The highest BCUT2D eigenvalue weighted by Gasteiger charge is 2.51. The van der Waals surface area contributed by atoms with Crippen molar-refractivity contribution < 1.29 is 9.59 Å². The summed E-state index contributed by atoms with van der Waals surface area (Å²) in [5.41, 5.74) is 4.20. The third-order valence-corrected chi connectivity index (χ3v) is 7.21. The predicted octanol–water partition coefficient (Wildman–Crippen LogP) is 4.08. The van der Waals surface area contributed by atoms with E-state index in [1.54, 1.807) is 11.9 Å². The Morgan fingerprint density at radius 1 is 0.963 bits per heavy atom. The van der Waals surface area contributed by atoms with Gasteiger partial charge < -0.3 is 10.2 Å². The lowest BCUT2D eigenvalue weighted by Crippen LogP contribution is -2.52. The number of aryl methyl sites for hydroxylation is 3. The van der Waals surface area contributed by atoms with Gasteiger partial charge in [-0.3, -0.25) is 9.59 Å². The molecule has 4 aliphatic carbocycles. The third-order valence-electron chi connectivity index (χ3n) is 7.21. The maximum Gasteiger partial charge on any atom is 0.243 e. The topological polar surface area (TPSA) is 49.4 Å². The molecule has 0 saturated heterocycles. The third kappa shape index (κ3) is 3.51. The number of anilines is 1. The Morgan fingerprint density at radius 3 is 2.00 bits per heavy atom. The van der Waals surface area contributed by atoms with Crippen LogP contribution in [0, 0.1) is 50.4 Å². The van der Waals surface area contributed by atoms with Gasteiger partial charge in [-0.2, -0.15) is 0 Å². The quantitative estimate of drug-likeness (QED) is 0.870. The molecular formula is C23H32N2O2. The van der Waals surface area contributed by atoms with Gasteiger partial charge in [-0.05, 0) is 87.7 Å². The number of likely N-dealkylation sites (N-methyl/N-ethyl adjacent to an activating group) is 1. The molecular weight excluding hydrogens is 336 g/mol. The molecule has 4 bridgehead atoms. The first-order valence-corrected chi connectivity index (χ1v) is 10.4. The molecule has 1 aromatic carbocycles. The fourth-order valence-electron chi connectivity index (χ4n) is 6.43. The van der Waals surface area contributed by atoms with Crippen molar-refractivity contribution in [3.8, 4) is 0 Å². The van der Waals surface area contributed by atoms with Crippen LogP contribution in [0.15, 0.2) is 12.1 Å². The first kappa shape index (κ1) is 18.5. The van der Waals surface area contributed by atoms with Crippen LogP contribution in [-0.4, -0.2) is 30.3 Å². The molecule has 4 saturated carbocycles. The lowest BCUT2D eigenvalue weighted by Gasteiger charge is -2.54. The van der Waals surface area contributed by atoms with E-state index in [-0.39, 0.29) is 24.3 Å². The Bertz CT molecular complexity index is 719. The van der Waals surface area contributed by atoms with Crippen LogP contribution in [0.25, 0.3) is 0 Å². The van der Waals surface area contributed by atoms with Crippen molar-refractivity contribution in [2.24, 2.45) is 29.6 Å². The maximum atomic E-state index is 13.1. The van der Waals surface area contributed by atoms with Gasteiger partial charge in [-0.25, -0.2) is 0 Å². The number of nitrogens with zero attached hydrogens (tertiary/aromatic N) is 1. The summed E-state index contributed by atoms with van der Waals surface area (Å²) in [6.45, 7) is 6.22. The SMILES string of the molecule is Cc1cc(C)c(NC(=O)CN(C)C(=O)C2C3CC4CC(C3)CC2C4)c(C)c1. The molecule has 0 spiro atoms. The molecule has 4 fully saturated rings. The summed E-state index contributed by atoms with van der Waals surface area (Å²) in [5.74, 6) is 3.07. The Balaban J connectivity index is 1.39. The number of benzene rings is 1. The molecule has 5 rings (SSSR count). The second-order valence-electron chi connectivity index (χ2n) is 9.47. The number of nitrogens with one attached hydrogen (secondary N) is 1. The number of hydrogen-bond donors (Lipinski definition) is 1. The van der Waals surface area contributed by atoms with Gasteiger partial charge in [0.1, 0.15) is 0 Å². The highest BCUT2D eigenvalue weighted by molar-refractivity contribution is 5.96. The van der Waals surface area contributed by atoms with Gasteiger partial charge in [0.05, 0.1) is 6.54 Å². The van der Waals surface area contributed by atoms with Gasteiger partial charge in [-0.15, -0.1) is 0 Å². The predicted molar refractivity (Wildman–Crippen MR) is 107 cm³/mol. The number of carbonyl (C=O) groups excluding carboxylic acids is 2. The smallest absolute Gasteiger partial charge is 0.243 e.